The number of amides is 2. The molecule has 0 aromatic rings. The van der Waals surface area contributed by atoms with Crippen LogP contribution in [0.15, 0.2) is 0 Å². The number of rotatable bonds is 7. The molecule has 0 bridgehead atoms. The van der Waals surface area contributed by atoms with E-state index in [4.69, 9.17) is 5.73 Å². The van der Waals surface area contributed by atoms with Crippen molar-refractivity contribution in [2.75, 3.05) is 0 Å². The van der Waals surface area contributed by atoms with Crippen molar-refractivity contribution in [3.63, 3.8) is 0 Å². The van der Waals surface area contributed by atoms with E-state index in [2.05, 4.69) is 55.4 Å². The minimum absolute atomic E-state index is 0.00353. The van der Waals surface area contributed by atoms with Gasteiger partial charge in [-0.05, 0) is 61.2 Å². The van der Waals surface area contributed by atoms with E-state index < -0.39 is 0 Å². The minimum Gasteiger partial charge on any atom is -0.328 e. The Hall–Kier alpha value is -0.900. The summed E-state index contributed by atoms with van der Waals surface area (Å²) in [5.41, 5.74) is 6.55. The van der Waals surface area contributed by atoms with Crippen LogP contribution in [0.3, 0.4) is 0 Å². The molecule has 1 aliphatic rings. The maximum atomic E-state index is 13.2. The Balaban J connectivity index is 2.89. The van der Waals surface area contributed by atoms with Crippen LogP contribution >= 0.6 is 0 Å². The summed E-state index contributed by atoms with van der Waals surface area (Å²) in [6.07, 6.45) is 6.48. The number of imide groups is 1. The molecule has 4 atom stereocenters. The van der Waals surface area contributed by atoms with Crippen molar-refractivity contribution >= 4 is 11.8 Å². The van der Waals surface area contributed by atoms with Crippen molar-refractivity contribution < 1.29 is 9.59 Å². The second-order valence-electron chi connectivity index (χ2n) is 11.9. The Morgan fingerprint density at radius 3 is 1.68 bits per heavy atom. The van der Waals surface area contributed by atoms with Crippen LogP contribution in [0.4, 0.5) is 0 Å². The molecule has 4 nitrogen and oxygen atoms in total. The summed E-state index contributed by atoms with van der Waals surface area (Å²) in [6.45, 7) is 17.4. The molecule has 4 unspecified atom stereocenters. The first kappa shape index (κ1) is 25.1. The number of carbonyl (C=O) groups is 2. The van der Waals surface area contributed by atoms with Gasteiger partial charge < -0.3 is 5.73 Å². The van der Waals surface area contributed by atoms with Crippen LogP contribution in [0, 0.1) is 22.7 Å². The number of hydrogen-bond acceptors (Lipinski definition) is 3. The Bertz CT molecular complexity index is 480. The van der Waals surface area contributed by atoms with Crippen LogP contribution in [0.2, 0.25) is 0 Å². The van der Waals surface area contributed by atoms with Gasteiger partial charge in [0, 0.05) is 24.9 Å². The van der Waals surface area contributed by atoms with Gasteiger partial charge in [0.1, 0.15) is 0 Å². The summed E-state index contributed by atoms with van der Waals surface area (Å²) in [4.78, 5) is 28.1. The first-order chi connectivity index (χ1) is 12.7. The summed E-state index contributed by atoms with van der Waals surface area (Å²) in [5.74, 6) is 0.548. The van der Waals surface area contributed by atoms with E-state index in [0.29, 0.717) is 12.8 Å². The topological polar surface area (TPSA) is 63.4 Å². The average molecular weight is 395 g/mol. The first-order valence-corrected chi connectivity index (χ1v) is 11.3. The van der Waals surface area contributed by atoms with Crippen LogP contribution in [0.25, 0.3) is 0 Å². The highest BCUT2D eigenvalue weighted by Gasteiger charge is 2.34. The van der Waals surface area contributed by atoms with Gasteiger partial charge in [0.15, 0.2) is 0 Å². The zero-order valence-corrected chi connectivity index (χ0v) is 19.8. The smallest absolute Gasteiger partial charge is 0.229 e. The third-order valence-corrected chi connectivity index (χ3v) is 5.56. The van der Waals surface area contributed by atoms with Gasteiger partial charge in [0.25, 0.3) is 0 Å². The third-order valence-electron chi connectivity index (χ3n) is 5.56. The van der Waals surface area contributed by atoms with Crippen LogP contribution in [-0.4, -0.2) is 28.8 Å². The average Bonchev–Trinajstić information content (AvgIpc) is 2.42. The summed E-state index contributed by atoms with van der Waals surface area (Å²) < 4.78 is 0. The van der Waals surface area contributed by atoms with Gasteiger partial charge in [-0.2, -0.15) is 0 Å². The minimum atomic E-state index is -0.0209. The Morgan fingerprint density at radius 1 is 0.893 bits per heavy atom. The van der Waals surface area contributed by atoms with Gasteiger partial charge in [-0.15, -0.1) is 0 Å². The zero-order valence-electron chi connectivity index (χ0n) is 19.8. The van der Waals surface area contributed by atoms with Gasteiger partial charge in [0.05, 0.1) is 0 Å². The van der Waals surface area contributed by atoms with Crippen molar-refractivity contribution in [3.05, 3.63) is 0 Å². The molecule has 2 amide bonds. The van der Waals surface area contributed by atoms with Crippen molar-refractivity contribution in [1.29, 1.82) is 0 Å². The molecule has 0 radical (unpaired) electrons. The highest BCUT2D eigenvalue weighted by Crippen LogP contribution is 2.30. The number of hydrogen-bond donors (Lipinski definition) is 1. The SMILES string of the molecule is CC(CC(=O)N(C(=O)CC(C)CC(C)(C)C)C1CCCC(N)C1)CC(C)(C)C. The standard InChI is InChI=1S/C24H46N2O2/c1-17(15-23(3,4)5)12-21(27)26(20-11-9-10-19(25)14-20)22(28)13-18(2)16-24(6,7)8/h17-20H,9-16,25H2,1-8H3. The lowest BCUT2D eigenvalue weighted by Crippen LogP contribution is -2.49. The van der Waals surface area contributed by atoms with Crippen LogP contribution in [-0.2, 0) is 9.59 Å². The molecule has 28 heavy (non-hydrogen) atoms. The van der Waals surface area contributed by atoms with Crippen LogP contribution < -0.4 is 5.73 Å². The lowest BCUT2D eigenvalue weighted by atomic mass is 9.83. The maximum absolute atomic E-state index is 13.2. The van der Waals surface area contributed by atoms with E-state index in [1.807, 2.05) is 0 Å². The molecule has 1 saturated carbocycles. The fourth-order valence-electron chi connectivity index (χ4n) is 5.01. The van der Waals surface area contributed by atoms with Crippen molar-refractivity contribution in [1.82, 2.24) is 4.90 Å². The number of carbonyl (C=O) groups excluding carboxylic acids is 2. The molecule has 2 N–H and O–H groups in total. The molecule has 1 fully saturated rings. The van der Waals surface area contributed by atoms with Crippen LogP contribution in [0.1, 0.15) is 107 Å². The molecule has 0 heterocycles. The van der Waals surface area contributed by atoms with Gasteiger partial charge in [-0.1, -0.05) is 55.4 Å². The molecule has 164 valence electrons. The van der Waals surface area contributed by atoms with Gasteiger partial charge in [-0.25, -0.2) is 0 Å². The highest BCUT2D eigenvalue weighted by atomic mass is 16.2. The molecular weight excluding hydrogens is 348 g/mol. The number of nitrogens with zero attached hydrogens (tertiary/aromatic N) is 1. The number of nitrogens with two attached hydrogens (primary N) is 1. The monoisotopic (exact) mass is 394 g/mol. The third kappa shape index (κ3) is 9.54. The summed E-state index contributed by atoms with van der Waals surface area (Å²) in [7, 11) is 0. The van der Waals surface area contributed by atoms with E-state index in [9.17, 15) is 9.59 Å². The molecule has 0 aromatic carbocycles. The van der Waals surface area contributed by atoms with Gasteiger partial charge >= 0.3 is 0 Å². The van der Waals surface area contributed by atoms with Crippen LogP contribution in [0.5, 0.6) is 0 Å². The normalized spacial score (nSPS) is 23.2. The Morgan fingerprint density at radius 2 is 1.32 bits per heavy atom. The summed E-state index contributed by atoms with van der Waals surface area (Å²) in [6, 6.07) is 0.0771. The summed E-state index contributed by atoms with van der Waals surface area (Å²) in [5, 5.41) is 0. The Labute approximate surface area is 174 Å². The van der Waals surface area contributed by atoms with E-state index >= 15 is 0 Å². The van der Waals surface area contributed by atoms with E-state index in [1.54, 1.807) is 4.90 Å². The first-order valence-electron chi connectivity index (χ1n) is 11.3. The molecular formula is C24H46N2O2. The second kappa shape index (κ2) is 10.2. The predicted molar refractivity (Wildman–Crippen MR) is 118 cm³/mol. The lowest BCUT2D eigenvalue weighted by molar-refractivity contribution is -0.149. The van der Waals surface area contributed by atoms with Crippen molar-refractivity contribution in [3.8, 4) is 0 Å². The molecule has 1 rings (SSSR count). The Kier molecular flexibility index (Phi) is 9.18. The van der Waals surface area contributed by atoms with E-state index in [-0.39, 0.29) is 46.6 Å². The molecule has 0 aliphatic heterocycles. The summed E-state index contributed by atoms with van der Waals surface area (Å²) >= 11 is 0. The van der Waals surface area contributed by atoms with Crippen molar-refractivity contribution in [2.24, 2.45) is 28.4 Å². The van der Waals surface area contributed by atoms with E-state index in [0.717, 1.165) is 38.5 Å². The molecule has 0 spiro atoms. The fraction of sp³-hybridized carbons (Fsp3) is 0.917. The van der Waals surface area contributed by atoms with Gasteiger partial charge in [0.2, 0.25) is 11.8 Å². The quantitative estimate of drug-likeness (QED) is 0.617. The predicted octanol–water partition coefficient (Wildman–Crippen LogP) is 5.54. The van der Waals surface area contributed by atoms with E-state index in [1.165, 1.54) is 0 Å². The maximum Gasteiger partial charge on any atom is 0.229 e. The molecule has 0 aromatic heterocycles. The largest absolute Gasteiger partial charge is 0.328 e. The second-order valence-corrected chi connectivity index (χ2v) is 11.9. The molecule has 4 heteroatoms. The zero-order chi connectivity index (χ0) is 21.7. The molecule has 0 saturated heterocycles. The lowest BCUT2D eigenvalue weighted by Gasteiger charge is -2.37. The van der Waals surface area contributed by atoms with Gasteiger partial charge in [-0.3, -0.25) is 14.5 Å². The molecule has 1 aliphatic carbocycles. The van der Waals surface area contributed by atoms with Crippen molar-refractivity contribution in [2.45, 2.75) is 119 Å². The highest BCUT2D eigenvalue weighted by molar-refractivity contribution is 5.95. The fourth-order valence-corrected chi connectivity index (χ4v) is 5.01.